The van der Waals surface area contributed by atoms with Gasteiger partial charge in [-0.3, -0.25) is 0 Å². The zero-order chi connectivity index (χ0) is 50.2. The van der Waals surface area contributed by atoms with Gasteiger partial charge in [-0.15, -0.1) is 0 Å². The highest BCUT2D eigenvalue weighted by molar-refractivity contribution is 6.12. The van der Waals surface area contributed by atoms with Crippen LogP contribution >= 0.6 is 0 Å². The molecule has 0 fully saturated rings. The van der Waals surface area contributed by atoms with Gasteiger partial charge in [-0.1, -0.05) is 212 Å². The molecule has 1 aliphatic carbocycles. The summed E-state index contributed by atoms with van der Waals surface area (Å²) in [4.78, 5) is 2.42. The summed E-state index contributed by atoms with van der Waals surface area (Å²) in [5, 5.41) is 4.70. The minimum absolute atomic E-state index is 0.538. The molecule has 0 unspecified atom stereocenters. The summed E-state index contributed by atoms with van der Waals surface area (Å²) in [6.07, 6.45) is 0. The first-order chi connectivity index (χ1) is 37.7. The van der Waals surface area contributed by atoms with Crippen LogP contribution in [-0.4, -0.2) is 4.57 Å². The number of hydrogen-bond acceptors (Lipinski definition) is 2. The highest BCUT2D eigenvalue weighted by Gasteiger charge is 2.46. The van der Waals surface area contributed by atoms with E-state index in [4.69, 9.17) is 4.42 Å². The number of hydrogen-bond donors (Lipinski definition) is 0. The molecule has 3 nitrogen and oxygen atoms in total. The van der Waals surface area contributed by atoms with Crippen LogP contribution in [0.2, 0.25) is 0 Å². The molecule has 0 radical (unpaired) electrons. The minimum Gasteiger partial charge on any atom is -0.455 e. The lowest BCUT2D eigenvalue weighted by Crippen LogP contribution is -2.28. The smallest absolute Gasteiger partial charge is 0.143 e. The van der Waals surface area contributed by atoms with Crippen molar-refractivity contribution in [2.24, 2.45) is 0 Å². The van der Waals surface area contributed by atoms with Gasteiger partial charge in [0.15, 0.2) is 0 Å². The van der Waals surface area contributed by atoms with Crippen LogP contribution < -0.4 is 4.90 Å². The Morgan fingerprint density at radius 2 is 0.816 bits per heavy atom. The number of benzene rings is 12. The molecule has 0 saturated heterocycles. The van der Waals surface area contributed by atoms with Crippen LogP contribution in [0.1, 0.15) is 22.3 Å². The molecule has 1 aliphatic rings. The highest BCUT2D eigenvalue weighted by atomic mass is 16.3. The van der Waals surface area contributed by atoms with E-state index in [2.05, 4.69) is 301 Å². The summed E-state index contributed by atoms with van der Waals surface area (Å²) in [5.74, 6) is 0. The average molecular weight is 969 g/mol. The van der Waals surface area contributed by atoms with Crippen LogP contribution in [0.25, 0.3) is 93.9 Å². The maximum Gasteiger partial charge on any atom is 0.143 e. The van der Waals surface area contributed by atoms with Gasteiger partial charge in [0.2, 0.25) is 0 Å². The first kappa shape index (κ1) is 43.6. The van der Waals surface area contributed by atoms with Crippen LogP contribution in [0.5, 0.6) is 0 Å². The van der Waals surface area contributed by atoms with Crippen molar-refractivity contribution in [3.63, 3.8) is 0 Å². The lowest BCUT2D eigenvalue weighted by Gasteiger charge is -2.35. The molecule has 2 heterocycles. The largest absolute Gasteiger partial charge is 0.455 e. The lowest BCUT2D eigenvalue weighted by molar-refractivity contribution is 0.670. The molecule has 0 saturated carbocycles. The fourth-order valence-electron chi connectivity index (χ4n) is 12.5. The van der Waals surface area contributed by atoms with Crippen molar-refractivity contribution < 1.29 is 4.42 Å². The van der Waals surface area contributed by atoms with Gasteiger partial charge in [0, 0.05) is 49.9 Å². The molecule has 15 rings (SSSR count). The molecule has 356 valence electrons. The van der Waals surface area contributed by atoms with E-state index in [1.165, 1.54) is 60.8 Å². The molecule has 0 amide bonds. The SMILES string of the molecule is c1ccc(-c2cccc3c2oc2ccc(-c4ccc(N(c5ccc(-c6ccc7c(c6)c6ccccc6n7-c6ccccc6)cc5)c5ccc6c(c5)C(c5ccccc5)(c5ccccc5)c5ccccc5-6)cc4)cc23)cc1. The van der Waals surface area contributed by atoms with Crippen LogP contribution in [0, 0.1) is 0 Å². The van der Waals surface area contributed by atoms with E-state index in [9.17, 15) is 0 Å². The number of para-hydroxylation sites is 3. The molecule has 0 aliphatic heterocycles. The highest BCUT2D eigenvalue weighted by Crippen LogP contribution is 2.57. The molecular weight excluding hydrogens is 921 g/mol. The Kier molecular flexibility index (Phi) is 10.1. The molecule has 0 atom stereocenters. The van der Waals surface area contributed by atoms with E-state index >= 15 is 0 Å². The van der Waals surface area contributed by atoms with Crippen molar-refractivity contribution in [1.29, 1.82) is 0 Å². The summed E-state index contributed by atoms with van der Waals surface area (Å²) in [6.45, 7) is 0. The van der Waals surface area contributed by atoms with Crippen LogP contribution in [-0.2, 0) is 5.41 Å². The van der Waals surface area contributed by atoms with Crippen LogP contribution in [0.15, 0.2) is 296 Å². The molecule has 0 spiro atoms. The Labute approximate surface area is 441 Å². The lowest BCUT2D eigenvalue weighted by atomic mass is 9.67. The maximum atomic E-state index is 6.58. The Hall–Kier alpha value is -9.96. The van der Waals surface area contributed by atoms with Crippen LogP contribution in [0.4, 0.5) is 17.1 Å². The molecule has 76 heavy (non-hydrogen) atoms. The van der Waals surface area contributed by atoms with Gasteiger partial charge in [0.05, 0.1) is 16.4 Å². The zero-order valence-corrected chi connectivity index (χ0v) is 41.5. The molecule has 0 N–H and O–H groups in total. The number of furan rings is 1. The second kappa shape index (κ2) is 17.6. The normalized spacial score (nSPS) is 12.6. The molecule has 14 aromatic rings. The van der Waals surface area contributed by atoms with E-state index in [1.807, 2.05) is 0 Å². The standard InChI is InChI=1S/C73H48N2O/c1-5-18-51(19-6-1)60-28-17-29-64-66-47-53(37-45-71(66)76-72(60)64)50-34-40-58(41-35-50)74(57-38-32-49(33-39-57)52-36-44-70-65(46-52)63-27-14-16-31-69(63)75(70)56-24-11-4-12-25-56)59-42-43-62-61-26-13-15-30-67(61)73(68(62)48-59,54-20-7-2-8-21-54)55-22-9-3-10-23-55/h1-48H. The molecule has 12 aromatic carbocycles. The Morgan fingerprint density at radius 1 is 0.303 bits per heavy atom. The van der Waals surface area contributed by atoms with Crippen molar-refractivity contribution in [3.05, 3.63) is 313 Å². The van der Waals surface area contributed by atoms with Gasteiger partial charge in [0.1, 0.15) is 11.2 Å². The zero-order valence-electron chi connectivity index (χ0n) is 41.5. The van der Waals surface area contributed by atoms with Gasteiger partial charge in [-0.05, 0) is 140 Å². The van der Waals surface area contributed by atoms with Gasteiger partial charge >= 0.3 is 0 Å². The van der Waals surface area contributed by atoms with Gasteiger partial charge in [0.25, 0.3) is 0 Å². The van der Waals surface area contributed by atoms with Gasteiger partial charge < -0.3 is 13.9 Å². The summed E-state index contributed by atoms with van der Waals surface area (Å²) in [6, 6.07) is 106. The third kappa shape index (κ3) is 6.83. The third-order valence-electron chi connectivity index (χ3n) is 15.9. The Balaban J connectivity index is 0.870. The number of anilines is 3. The first-order valence-corrected chi connectivity index (χ1v) is 26.1. The second-order valence-corrected chi connectivity index (χ2v) is 20.0. The molecular formula is C73H48N2O. The predicted molar refractivity (Wildman–Crippen MR) is 316 cm³/mol. The van der Waals surface area contributed by atoms with Crippen molar-refractivity contribution >= 4 is 60.8 Å². The van der Waals surface area contributed by atoms with E-state index in [1.54, 1.807) is 0 Å². The monoisotopic (exact) mass is 968 g/mol. The number of nitrogens with zero attached hydrogens (tertiary/aromatic N) is 2. The molecule has 0 bridgehead atoms. The van der Waals surface area contributed by atoms with Crippen molar-refractivity contribution in [2.45, 2.75) is 5.41 Å². The van der Waals surface area contributed by atoms with Crippen molar-refractivity contribution in [2.75, 3.05) is 4.90 Å². The van der Waals surface area contributed by atoms with Gasteiger partial charge in [-0.25, -0.2) is 0 Å². The fourth-order valence-corrected chi connectivity index (χ4v) is 12.5. The molecule has 2 aromatic heterocycles. The summed E-state index contributed by atoms with van der Waals surface area (Å²) < 4.78 is 8.96. The first-order valence-electron chi connectivity index (χ1n) is 26.1. The summed E-state index contributed by atoms with van der Waals surface area (Å²) in [7, 11) is 0. The van der Waals surface area contributed by atoms with E-state index in [0.717, 1.165) is 72.5 Å². The fraction of sp³-hybridized carbons (Fsp3) is 0.0137. The topological polar surface area (TPSA) is 21.3 Å². The third-order valence-corrected chi connectivity index (χ3v) is 15.9. The summed E-state index contributed by atoms with van der Waals surface area (Å²) >= 11 is 0. The minimum atomic E-state index is -0.538. The predicted octanol–water partition coefficient (Wildman–Crippen LogP) is 19.5. The quantitative estimate of drug-likeness (QED) is 0.144. The Bertz CT molecular complexity index is 4440. The number of rotatable bonds is 9. The average Bonchev–Trinajstić information content (AvgIpc) is 4.21. The van der Waals surface area contributed by atoms with Crippen molar-refractivity contribution in [3.8, 4) is 50.2 Å². The number of fused-ring (bicyclic) bond motifs is 9. The van der Waals surface area contributed by atoms with E-state index in [0.29, 0.717) is 0 Å². The van der Waals surface area contributed by atoms with Gasteiger partial charge in [-0.2, -0.15) is 0 Å². The van der Waals surface area contributed by atoms with Crippen LogP contribution in [0.3, 0.4) is 0 Å². The number of aromatic nitrogens is 1. The van der Waals surface area contributed by atoms with E-state index in [-0.39, 0.29) is 0 Å². The Morgan fingerprint density at radius 3 is 1.51 bits per heavy atom. The maximum absolute atomic E-state index is 6.58. The van der Waals surface area contributed by atoms with E-state index < -0.39 is 5.41 Å². The molecule has 3 heteroatoms. The second-order valence-electron chi connectivity index (χ2n) is 20.0. The summed E-state index contributed by atoms with van der Waals surface area (Å²) in [5.41, 5.74) is 22.4. The van der Waals surface area contributed by atoms with Crippen molar-refractivity contribution in [1.82, 2.24) is 4.57 Å².